The maximum Gasteiger partial charge on any atom is 0.335 e. The van der Waals surface area contributed by atoms with E-state index in [0.717, 1.165) is 25.9 Å². The van der Waals surface area contributed by atoms with Gasteiger partial charge in [0.2, 0.25) is 5.91 Å². The normalized spacial score (nSPS) is 17.6. The number of nitrogens with zero attached hydrogens (tertiary/aromatic N) is 1. The largest absolute Gasteiger partial charge is 0.478 e. The van der Waals surface area contributed by atoms with Crippen molar-refractivity contribution in [3.8, 4) is 0 Å². The van der Waals surface area contributed by atoms with E-state index >= 15 is 0 Å². The van der Waals surface area contributed by atoms with Crippen molar-refractivity contribution in [2.45, 2.75) is 25.4 Å². The first-order valence-corrected chi connectivity index (χ1v) is 8.06. The molecule has 24 heavy (non-hydrogen) atoms. The molecule has 5 nitrogen and oxygen atoms in total. The van der Waals surface area contributed by atoms with Gasteiger partial charge in [-0.25, -0.2) is 4.79 Å². The van der Waals surface area contributed by atoms with Gasteiger partial charge in [0.15, 0.2) is 0 Å². The van der Waals surface area contributed by atoms with Gasteiger partial charge in [-0.3, -0.25) is 9.69 Å². The summed E-state index contributed by atoms with van der Waals surface area (Å²) in [5.41, 5.74) is 2.03. The highest BCUT2D eigenvalue weighted by molar-refractivity contribution is 5.95. The van der Waals surface area contributed by atoms with Gasteiger partial charge in [-0.2, -0.15) is 0 Å². The van der Waals surface area contributed by atoms with Crippen molar-refractivity contribution in [2.75, 3.05) is 11.9 Å². The van der Waals surface area contributed by atoms with Crippen molar-refractivity contribution in [3.05, 3.63) is 65.7 Å². The number of hydrogen-bond acceptors (Lipinski definition) is 3. The second-order valence-corrected chi connectivity index (χ2v) is 5.99. The molecule has 0 spiro atoms. The molecule has 2 N–H and O–H groups in total. The molecular formula is C19H20N2O3. The molecule has 124 valence electrons. The summed E-state index contributed by atoms with van der Waals surface area (Å²) in [6.45, 7) is 1.67. The number of rotatable bonds is 5. The molecule has 0 radical (unpaired) electrons. The molecule has 1 heterocycles. The van der Waals surface area contributed by atoms with E-state index in [4.69, 9.17) is 5.11 Å². The van der Waals surface area contributed by atoms with Crippen LogP contribution < -0.4 is 5.32 Å². The lowest BCUT2D eigenvalue weighted by atomic mass is 10.1. The number of anilines is 1. The Bertz CT molecular complexity index is 713. The van der Waals surface area contributed by atoms with Gasteiger partial charge >= 0.3 is 5.97 Å². The van der Waals surface area contributed by atoms with Crippen LogP contribution in [0, 0.1) is 0 Å². The fourth-order valence-electron chi connectivity index (χ4n) is 3.05. The Labute approximate surface area is 140 Å². The van der Waals surface area contributed by atoms with Crippen LogP contribution in [0.15, 0.2) is 54.6 Å². The molecule has 2 aromatic carbocycles. The molecule has 0 bridgehead atoms. The van der Waals surface area contributed by atoms with E-state index in [0.29, 0.717) is 5.69 Å². The first kappa shape index (κ1) is 16.2. The molecule has 0 aliphatic carbocycles. The van der Waals surface area contributed by atoms with E-state index in [1.807, 2.05) is 18.2 Å². The Morgan fingerprint density at radius 1 is 1.08 bits per heavy atom. The third kappa shape index (κ3) is 3.81. The number of carbonyl (C=O) groups is 2. The number of likely N-dealkylation sites (tertiary alicyclic amines) is 1. The van der Waals surface area contributed by atoms with Crippen molar-refractivity contribution >= 4 is 17.6 Å². The van der Waals surface area contributed by atoms with Crippen LogP contribution in [-0.2, 0) is 11.3 Å². The highest BCUT2D eigenvalue weighted by Crippen LogP contribution is 2.22. The molecule has 0 aromatic heterocycles. The van der Waals surface area contributed by atoms with Gasteiger partial charge in [0.1, 0.15) is 0 Å². The van der Waals surface area contributed by atoms with Crippen LogP contribution in [0.2, 0.25) is 0 Å². The van der Waals surface area contributed by atoms with Crippen LogP contribution >= 0.6 is 0 Å². The predicted octanol–water partition coefficient (Wildman–Crippen LogP) is 2.99. The molecule has 1 saturated heterocycles. The highest BCUT2D eigenvalue weighted by atomic mass is 16.4. The Hall–Kier alpha value is -2.66. The van der Waals surface area contributed by atoms with E-state index in [1.54, 1.807) is 12.1 Å². The number of carbonyl (C=O) groups excluding carboxylic acids is 1. The summed E-state index contributed by atoms with van der Waals surface area (Å²) in [5.74, 6) is -1.01. The smallest absolute Gasteiger partial charge is 0.335 e. The number of carboxylic acids is 1. The van der Waals surface area contributed by atoms with Gasteiger partial charge in [0.25, 0.3) is 0 Å². The SMILES string of the molecule is O=C(O)c1ccc(NC(=O)C2CCCN2Cc2ccccc2)cc1. The van der Waals surface area contributed by atoms with Gasteiger partial charge in [-0.15, -0.1) is 0 Å². The molecule has 1 aliphatic heterocycles. The van der Waals surface area contributed by atoms with Crippen LogP contribution in [0.3, 0.4) is 0 Å². The monoisotopic (exact) mass is 324 g/mol. The minimum absolute atomic E-state index is 0.0356. The first-order chi connectivity index (χ1) is 11.6. The summed E-state index contributed by atoms with van der Waals surface area (Å²) >= 11 is 0. The second kappa shape index (κ2) is 7.27. The summed E-state index contributed by atoms with van der Waals surface area (Å²) in [4.78, 5) is 25.6. The summed E-state index contributed by atoms with van der Waals surface area (Å²) in [7, 11) is 0. The Morgan fingerprint density at radius 3 is 2.46 bits per heavy atom. The van der Waals surface area contributed by atoms with Crippen LogP contribution in [0.4, 0.5) is 5.69 Å². The fraction of sp³-hybridized carbons (Fsp3) is 0.263. The van der Waals surface area contributed by atoms with Gasteiger partial charge in [-0.1, -0.05) is 30.3 Å². The van der Waals surface area contributed by atoms with Gasteiger partial charge in [-0.05, 0) is 49.2 Å². The Balaban J connectivity index is 1.64. The lowest BCUT2D eigenvalue weighted by Crippen LogP contribution is -2.39. The van der Waals surface area contributed by atoms with Crippen LogP contribution in [0.5, 0.6) is 0 Å². The number of aromatic carboxylic acids is 1. The zero-order chi connectivity index (χ0) is 16.9. The molecule has 1 amide bonds. The fourth-order valence-corrected chi connectivity index (χ4v) is 3.05. The maximum atomic E-state index is 12.6. The minimum Gasteiger partial charge on any atom is -0.478 e. The lowest BCUT2D eigenvalue weighted by molar-refractivity contribution is -0.120. The minimum atomic E-state index is -0.974. The van der Waals surface area contributed by atoms with E-state index in [2.05, 4.69) is 22.3 Å². The van der Waals surface area contributed by atoms with Crippen molar-refractivity contribution in [1.29, 1.82) is 0 Å². The third-order valence-corrected chi connectivity index (χ3v) is 4.29. The maximum absolute atomic E-state index is 12.6. The molecule has 3 rings (SSSR count). The number of nitrogens with one attached hydrogen (secondary N) is 1. The molecule has 0 saturated carbocycles. The zero-order valence-corrected chi connectivity index (χ0v) is 13.3. The number of hydrogen-bond donors (Lipinski definition) is 2. The first-order valence-electron chi connectivity index (χ1n) is 8.06. The van der Waals surface area contributed by atoms with Gasteiger partial charge < -0.3 is 10.4 Å². The van der Waals surface area contributed by atoms with Crippen LogP contribution in [0.1, 0.15) is 28.8 Å². The van der Waals surface area contributed by atoms with E-state index < -0.39 is 5.97 Å². The van der Waals surface area contributed by atoms with Crippen molar-refractivity contribution in [1.82, 2.24) is 4.90 Å². The number of amides is 1. The third-order valence-electron chi connectivity index (χ3n) is 4.29. The molecule has 5 heteroatoms. The Morgan fingerprint density at radius 2 is 1.79 bits per heavy atom. The zero-order valence-electron chi connectivity index (χ0n) is 13.3. The topological polar surface area (TPSA) is 69.6 Å². The Kier molecular flexibility index (Phi) is 4.91. The molecular weight excluding hydrogens is 304 g/mol. The van der Waals surface area contributed by atoms with Crippen molar-refractivity contribution in [3.63, 3.8) is 0 Å². The molecule has 1 atom stereocenters. The number of benzene rings is 2. The summed E-state index contributed by atoms with van der Waals surface area (Å²) < 4.78 is 0. The van der Waals surface area contributed by atoms with E-state index in [1.165, 1.54) is 17.7 Å². The summed E-state index contributed by atoms with van der Waals surface area (Å²) in [6.07, 6.45) is 1.84. The average Bonchev–Trinajstić information content (AvgIpc) is 3.04. The van der Waals surface area contributed by atoms with Gasteiger partial charge in [0.05, 0.1) is 11.6 Å². The summed E-state index contributed by atoms with van der Waals surface area (Å²) in [5, 5.41) is 11.8. The number of carboxylic acid groups (broad SMARTS) is 1. The molecule has 2 aromatic rings. The van der Waals surface area contributed by atoms with Crippen molar-refractivity contribution < 1.29 is 14.7 Å². The van der Waals surface area contributed by atoms with Crippen LogP contribution in [0.25, 0.3) is 0 Å². The predicted molar refractivity (Wildman–Crippen MR) is 91.9 cm³/mol. The highest BCUT2D eigenvalue weighted by Gasteiger charge is 2.30. The van der Waals surface area contributed by atoms with E-state index in [9.17, 15) is 9.59 Å². The van der Waals surface area contributed by atoms with Gasteiger partial charge in [0, 0.05) is 12.2 Å². The standard InChI is InChI=1S/C19H20N2O3/c22-18(20-16-10-8-15(9-11-16)19(23)24)17-7-4-12-21(17)13-14-5-2-1-3-6-14/h1-3,5-6,8-11,17H,4,7,12-13H2,(H,20,22)(H,23,24). The van der Waals surface area contributed by atoms with E-state index in [-0.39, 0.29) is 17.5 Å². The second-order valence-electron chi connectivity index (χ2n) is 5.99. The van der Waals surface area contributed by atoms with Crippen molar-refractivity contribution in [2.24, 2.45) is 0 Å². The molecule has 1 unspecified atom stereocenters. The summed E-state index contributed by atoms with van der Waals surface area (Å²) in [6, 6.07) is 16.2. The lowest BCUT2D eigenvalue weighted by Gasteiger charge is -2.23. The quantitative estimate of drug-likeness (QED) is 0.887. The molecule has 1 fully saturated rings. The van der Waals surface area contributed by atoms with Crippen LogP contribution in [-0.4, -0.2) is 34.5 Å². The average molecular weight is 324 g/mol. The molecule has 1 aliphatic rings.